The van der Waals surface area contributed by atoms with E-state index in [1.165, 1.54) is 11.3 Å². The van der Waals surface area contributed by atoms with Crippen LogP contribution in [0.3, 0.4) is 0 Å². The van der Waals surface area contributed by atoms with E-state index in [0.717, 1.165) is 20.9 Å². The van der Waals surface area contributed by atoms with Crippen LogP contribution >= 0.6 is 27.3 Å². The smallest absolute Gasteiger partial charge is 0.203 e. The van der Waals surface area contributed by atoms with Crippen molar-refractivity contribution in [3.63, 3.8) is 0 Å². The Morgan fingerprint density at radius 3 is 2.87 bits per heavy atom. The van der Waals surface area contributed by atoms with Crippen molar-refractivity contribution in [2.24, 2.45) is 5.10 Å². The van der Waals surface area contributed by atoms with Gasteiger partial charge in [-0.2, -0.15) is 10.4 Å². The summed E-state index contributed by atoms with van der Waals surface area (Å²) in [5.41, 5.74) is 4.65. The van der Waals surface area contributed by atoms with Gasteiger partial charge in [-0.1, -0.05) is 0 Å². The first-order valence-electron chi connectivity index (χ1n) is 6.81. The van der Waals surface area contributed by atoms with Gasteiger partial charge in [0.05, 0.1) is 18.5 Å². The first kappa shape index (κ1) is 17.2. The SMILES string of the molecule is CCOc1cc(C=NNc2nc(C)cs2)c(Br)cc1OCC#N. The van der Waals surface area contributed by atoms with Crippen molar-refractivity contribution in [1.29, 1.82) is 5.26 Å². The van der Waals surface area contributed by atoms with Crippen molar-refractivity contribution in [3.8, 4) is 17.6 Å². The van der Waals surface area contributed by atoms with Gasteiger partial charge in [0.25, 0.3) is 0 Å². The van der Waals surface area contributed by atoms with Crippen LogP contribution < -0.4 is 14.9 Å². The lowest BCUT2D eigenvalue weighted by Crippen LogP contribution is -2.01. The Bertz CT molecular complexity index is 740. The van der Waals surface area contributed by atoms with Crippen LogP contribution in [0.2, 0.25) is 0 Å². The molecular formula is C15H15BrN4O2S. The summed E-state index contributed by atoms with van der Waals surface area (Å²) in [5, 5.41) is 15.5. The molecule has 0 atom stereocenters. The molecule has 120 valence electrons. The fraction of sp³-hybridized carbons (Fsp3) is 0.267. The highest BCUT2D eigenvalue weighted by molar-refractivity contribution is 9.10. The zero-order valence-electron chi connectivity index (χ0n) is 12.7. The standard InChI is InChI=1S/C15H15BrN4O2S/c1-3-21-13-6-11(12(16)7-14(13)22-5-4-17)8-18-20-15-19-10(2)9-23-15/h6-9H,3,5H2,1-2H3,(H,19,20). The minimum Gasteiger partial charge on any atom is -0.490 e. The first-order chi connectivity index (χ1) is 11.1. The largest absolute Gasteiger partial charge is 0.490 e. The Balaban J connectivity index is 2.17. The summed E-state index contributed by atoms with van der Waals surface area (Å²) in [6.07, 6.45) is 1.66. The van der Waals surface area contributed by atoms with E-state index < -0.39 is 0 Å². The zero-order chi connectivity index (χ0) is 16.7. The molecule has 0 fully saturated rings. The van der Waals surface area contributed by atoms with Crippen LogP contribution in [-0.2, 0) is 0 Å². The third-order valence-electron chi connectivity index (χ3n) is 2.64. The number of halogens is 1. The highest BCUT2D eigenvalue weighted by atomic mass is 79.9. The maximum Gasteiger partial charge on any atom is 0.203 e. The summed E-state index contributed by atoms with van der Waals surface area (Å²) >= 11 is 4.95. The van der Waals surface area contributed by atoms with Gasteiger partial charge in [0.1, 0.15) is 6.07 Å². The van der Waals surface area contributed by atoms with Gasteiger partial charge in [-0.15, -0.1) is 11.3 Å². The van der Waals surface area contributed by atoms with Gasteiger partial charge in [0, 0.05) is 15.4 Å². The van der Waals surface area contributed by atoms with Gasteiger partial charge in [0.15, 0.2) is 18.1 Å². The second kappa shape index (κ2) is 8.50. The normalized spacial score (nSPS) is 10.5. The molecule has 0 aliphatic carbocycles. The lowest BCUT2D eigenvalue weighted by Gasteiger charge is -2.12. The first-order valence-corrected chi connectivity index (χ1v) is 8.48. The number of hydrogen-bond donors (Lipinski definition) is 1. The van der Waals surface area contributed by atoms with Gasteiger partial charge < -0.3 is 9.47 Å². The number of aromatic nitrogens is 1. The minimum absolute atomic E-state index is 0.0368. The third kappa shape index (κ3) is 4.94. The quantitative estimate of drug-likeness (QED) is 0.567. The molecule has 1 aromatic heterocycles. The molecule has 0 bridgehead atoms. The van der Waals surface area contributed by atoms with Crippen LogP contribution in [-0.4, -0.2) is 24.4 Å². The Hall–Kier alpha value is -2.11. The van der Waals surface area contributed by atoms with Gasteiger partial charge in [-0.3, -0.25) is 5.43 Å². The lowest BCUT2D eigenvalue weighted by molar-refractivity contribution is 0.298. The fourth-order valence-corrected chi connectivity index (χ4v) is 2.77. The summed E-state index contributed by atoms with van der Waals surface area (Å²) in [5.74, 6) is 1.08. The summed E-state index contributed by atoms with van der Waals surface area (Å²) in [7, 11) is 0. The number of benzene rings is 1. The van der Waals surface area contributed by atoms with E-state index in [4.69, 9.17) is 14.7 Å². The maximum absolute atomic E-state index is 8.64. The molecule has 0 unspecified atom stereocenters. The van der Waals surface area contributed by atoms with Crippen molar-refractivity contribution >= 4 is 38.6 Å². The third-order valence-corrected chi connectivity index (χ3v) is 4.19. The lowest BCUT2D eigenvalue weighted by atomic mass is 10.2. The van der Waals surface area contributed by atoms with Crippen LogP contribution in [0.5, 0.6) is 11.5 Å². The summed E-state index contributed by atoms with van der Waals surface area (Å²) < 4.78 is 11.7. The molecule has 0 spiro atoms. The Morgan fingerprint density at radius 2 is 2.22 bits per heavy atom. The van der Waals surface area contributed by atoms with E-state index in [9.17, 15) is 0 Å². The zero-order valence-corrected chi connectivity index (χ0v) is 15.1. The summed E-state index contributed by atoms with van der Waals surface area (Å²) in [6.45, 7) is 4.27. The van der Waals surface area contributed by atoms with E-state index in [-0.39, 0.29) is 6.61 Å². The van der Waals surface area contributed by atoms with E-state index in [1.807, 2.05) is 25.3 Å². The van der Waals surface area contributed by atoms with E-state index in [1.54, 1.807) is 18.3 Å². The number of nitrogens with one attached hydrogen (secondary N) is 1. The summed E-state index contributed by atoms with van der Waals surface area (Å²) in [6, 6.07) is 5.50. The molecule has 8 heteroatoms. The number of anilines is 1. The van der Waals surface area contributed by atoms with Crippen LogP contribution in [0.15, 0.2) is 27.1 Å². The number of nitriles is 1. The number of rotatable bonds is 7. The summed E-state index contributed by atoms with van der Waals surface area (Å²) in [4.78, 5) is 4.27. The van der Waals surface area contributed by atoms with Crippen molar-refractivity contribution in [3.05, 3.63) is 33.2 Å². The fourth-order valence-electron chi connectivity index (χ4n) is 1.70. The minimum atomic E-state index is -0.0368. The molecule has 23 heavy (non-hydrogen) atoms. The van der Waals surface area contributed by atoms with Crippen molar-refractivity contribution < 1.29 is 9.47 Å². The molecule has 2 aromatic rings. The van der Waals surface area contributed by atoms with Gasteiger partial charge in [-0.25, -0.2) is 4.98 Å². The molecule has 0 saturated heterocycles. The molecule has 1 aromatic carbocycles. The number of thiazole rings is 1. The van der Waals surface area contributed by atoms with Gasteiger partial charge in [0.2, 0.25) is 5.13 Å². The average Bonchev–Trinajstić information content (AvgIpc) is 2.94. The molecule has 0 amide bonds. The maximum atomic E-state index is 8.64. The van der Waals surface area contributed by atoms with Crippen molar-refractivity contribution in [1.82, 2.24) is 4.98 Å². The predicted octanol–water partition coefficient (Wildman–Crippen LogP) is 3.96. The Labute approximate surface area is 146 Å². The molecule has 0 aliphatic heterocycles. The highest BCUT2D eigenvalue weighted by Gasteiger charge is 2.10. The molecule has 1 N–H and O–H groups in total. The molecule has 2 rings (SSSR count). The van der Waals surface area contributed by atoms with Crippen molar-refractivity contribution in [2.75, 3.05) is 18.6 Å². The van der Waals surface area contributed by atoms with Gasteiger partial charge in [-0.05, 0) is 41.9 Å². The topological polar surface area (TPSA) is 79.5 Å². The number of ether oxygens (including phenoxy) is 2. The molecule has 0 saturated carbocycles. The van der Waals surface area contributed by atoms with E-state index in [2.05, 4.69) is 31.4 Å². The number of hydrazone groups is 1. The molecule has 6 nitrogen and oxygen atoms in total. The van der Waals surface area contributed by atoms with Crippen LogP contribution in [0.1, 0.15) is 18.2 Å². The molecule has 0 radical (unpaired) electrons. The predicted molar refractivity (Wildman–Crippen MR) is 94.5 cm³/mol. The Morgan fingerprint density at radius 1 is 1.43 bits per heavy atom. The Kier molecular flexibility index (Phi) is 6.38. The van der Waals surface area contributed by atoms with Crippen LogP contribution in [0, 0.1) is 18.3 Å². The number of nitrogens with zero attached hydrogens (tertiary/aromatic N) is 3. The number of aryl methyl sites for hydroxylation is 1. The molecule has 1 heterocycles. The average molecular weight is 395 g/mol. The van der Waals surface area contributed by atoms with Crippen LogP contribution in [0.4, 0.5) is 5.13 Å². The van der Waals surface area contributed by atoms with Crippen LogP contribution in [0.25, 0.3) is 0 Å². The molecular weight excluding hydrogens is 380 g/mol. The van der Waals surface area contributed by atoms with Crippen molar-refractivity contribution in [2.45, 2.75) is 13.8 Å². The monoisotopic (exact) mass is 394 g/mol. The number of hydrogen-bond acceptors (Lipinski definition) is 7. The molecule has 0 aliphatic rings. The highest BCUT2D eigenvalue weighted by Crippen LogP contribution is 2.33. The van der Waals surface area contributed by atoms with Gasteiger partial charge >= 0.3 is 0 Å². The second-order valence-corrected chi connectivity index (χ2v) is 6.08. The van der Waals surface area contributed by atoms with E-state index >= 15 is 0 Å². The second-order valence-electron chi connectivity index (χ2n) is 4.36. The van der Waals surface area contributed by atoms with E-state index in [0.29, 0.717) is 18.1 Å².